The molecule has 0 aliphatic heterocycles. The molecule has 19 heavy (non-hydrogen) atoms. The van der Waals surface area contributed by atoms with E-state index in [1.165, 1.54) is 6.07 Å². The van der Waals surface area contributed by atoms with Crippen LogP contribution in [0.3, 0.4) is 0 Å². The van der Waals surface area contributed by atoms with Crippen molar-refractivity contribution < 1.29 is 14.6 Å². The van der Waals surface area contributed by atoms with Gasteiger partial charge in [-0.05, 0) is 46.3 Å². The highest BCUT2D eigenvalue weighted by Crippen LogP contribution is 2.37. The molecule has 2 aromatic rings. The normalized spacial score (nSPS) is 10.3. The molecule has 0 aliphatic carbocycles. The van der Waals surface area contributed by atoms with Crippen molar-refractivity contribution in [2.45, 2.75) is 0 Å². The lowest BCUT2D eigenvalue weighted by molar-refractivity contribution is 0.0694. The Balaban J connectivity index is 2.46. The van der Waals surface area contributed by atoms with Crippen LogP contribution in [0, 0.1) is 0 Å². The Morgan fingerprint density at radius 3 is 2.58 bits per heavy atom. The highest BCUT2D eigenvalue weighted by atomic mass is 79.9. The predicted octanol–water partition coefficient (Wildman–Crippen LogP) is 5.25. The molecule has 0 atom stereocenters. The summed E-state index contributed by atoms with van der Waals surface area (Å²) < 4.78 is 6.18. The van der Waals surface area contributed by atoms with Crippen molar-refractivity contribution in [3.05, 3.63) is 56.5 Å². The summed E-state index contributed by atoms with van der Waals surface area (Å²) in [5.74, 6) is -0.581. The van der Waals surface area contributed by atoms with E-state index in [2.05, 4.69) is 15.9 Å². The van der Waals surface area contributed by atoms with Crippen molar-refractivity contribution >= 4 is 45.1 Å². The minimum atomic E-state index is -1.11. The SMILES string of the molecule is O=C(O)c1cccc(Cl)c1Oc1ccc(Cl)cc1Br. The number of carboxylic acid groups (broad SMARTS) is 1. The van der Waals surface area contributed by atoms with Crippen molar-refractivity contribution in [2.24, 2.45) is 0 Å². The third-order valence-corrected chi connectivity index (χ3v) is 3.46. The van der Waals surface area contributed by atoms with Crippen LogP contribution in [0.25, 0.3) is 0 Å². The van der Waals surface area contributed by atoms with Crippen molar-refractivity contribution in [3.63, 3.8) is 0 Å². The summed E-state index contributed by atoms with van der Waals surface area (Å²) in [6.45, 7) is 0. The van der Waals surface area contributed by atoms with Crippen LogP contribution in [-0.4, -0.2) is 11.1 Å². The van der Waals surface area contributed by atoms with Crippen LogP contribution in [0.1, 0.15) is 10.4 Å². The first-order chi connectivity index (χ1) is 8.99. The van der Waals surface area contributed by atoms with Gasteiger partial charge in [0.05, 0.1) is 9.50 Å². The van der Waals surface area contributed by atoms with Crippen LogP contribution >= 0.6 is 39.1 Å². The molecule has 1 N–H and O–H groups in total. The number of aromatic carboxylic acids is 1. The standard InChI is InChI=1S/C13H7BrCl2O3/c14-9-6-7(15)4-5-11(9)19-12-8(13(17)18)2-1-3-10(12)16/h1-6H,(H,17,18). The second-order valence-corrected chi connectivity index (χ2v) is 5.30. The maximum atomic E-state index is 11.1. The van der Waals surface area contributed by atoms with Gasteiger partial charge in [0.15, 0.2) is 5.75 Å². The minimum Gasteiger partial charge on any atom is -0.478 e. The molecule has 0 saturated carbocycles. The van der Waals surface area contributed by atoms with E-state index in [-0.39, 0.29) is 16.3 Å². The molecule has 2 rings (SSSR count). The van der Waals surface area contributed by atoms with Gasteiger partial charge in [0.2, 0.25) is 0 Å². The number of ether oxygens (including phenoxy) is 1. The Labute approximate surface area is 127 Å². The number of hydrogen-bond acceptors (Lipinski definition) is 2. The first kappa shape index (κ1) is 14.2. The molecule has 0 radical (unpaired) electrons. The lowest BCUT2D eigenvalue weighted by Gasteiger charge is -2.11. The zero-order valence-corrected chi connectivity index (χ0v) is 12.5. The first-order valence-corrected chi connectivity index (χ1v) is 6.68. The molecule has 0 bridgehead atoms. The maximum absolute atomic E-state index is 11.1. The van der Waals surface area contributed by atoms with E-state index in [1.807, 2.05) is 0 Å². The highest BCUT2D eigenvalue weighted by molar-refractivity contribution is 9.10. The fourth-order valence-corrected chi connectivity index (χ4v) is 2.43. The maximum Gasteiger partial charge on any atom is 0.339 e. The number of carbonyl (C=O) groups is 1. The zero-order valence-electron chi connectivity index (χ0n) is 9.36. The quantitative estimate of drug-likeness (QED) is 0.812. The Morgan fingerprint density at radius 2 is 1.95 bits per heavy atom. The molecular weight excluding hydrogens is 355 g/mol. The molecule has 0 heterocycles. The largest absolute Gasteiger partial charge is 0.478 e. The lowest BCUT2D eigenvalue weighted by atomic mass is 10.2. The number of para-hydroxylation sites is 1. The molecule has 0 fully saturated rings. The molecule has 0 aromatic heterocycles. The summed E-state index contributed by atoms with van der Waals surface area (Å²) in [5.41, 5.74) is -0.00523. The lowest BCUT2D eigenvalue weighted by Crippen LogP contribution is -2.00. The second-order valence-electron chi connectivity index (χ2n) is 3.60. The zero-order chi connectivity index (χ0) is 14.0. The van der Waals surface area contributed by atoms with Crippen LogP contribution in [0.2, 0.25) is 10.0 Å². The molecule has 0 saturated heterocycles. The summed E-state index contributed by atoms with van der Waals surface area (Å²) in [4.78, 5) is 11.1. The van der Waals surface area contributed by atoms with Gasteiger partial charge in [-0.2, -0.15) is 0 Å². The van der Waals surface area contributed by atoms with Crippen LogP contribution in [-0.2, 0) is 0 Å². The van der Waals surface area contributed by atoms with Crippen molar-refractivity contribution in [2.75, 3.05) is 0 Å². The van der Waals surface area contributed by atoms with Gasteiger partial charge in [0.25, 0.3) is 0 Å². The molecule has 98 valence electrons. The van der Waals surface area contributed by atoms with Gasteiger partial charge in [0.1, 0.15) is 11.3 Å². The van der Waals surface area contributed by atoms with E-state index in [1.54, 1.807) is 30.3 Å². The number of rotatable bonds is 3. The Morgan fingerprint density at radius 1 is 1.21 bits per heavy atom. The van der Waals surface area contributed by atoms with E-state index in [0.717, 1.165) is 0 Å². The van der Waals surface area contributed by atoms with Gasteiger partial charge < -0.3 is 9.84 Å². The van der Waals surface area contributed by atoms with Gasteiger partial charge in [-0.1, -0.05) is 29.3 Å². The number of benzene rings is 2. The van der Waals surface area contributed by atoms with Gasteiger partial charge in [-0.25, -0.2) is 4.79 Å². The van der Waals surface area contributed by atoms with Gasteiger partial charge in [0, 0.05) is 5.02 Å². The monoisotopic (exact) mass is 360 g/mol. The third kappa shape index (κ3) is 3.21. The number of halogens is 3. The smallest absolute Gasteiger partial charge is 0.339 e. The van der Waals surface area contributed by atoms with Crippen molar-refractivity contribution in [3.8, 4) is 11.5 Å². The molecule has 6 heteroatoms. The van der Waals surface area contributed by atoms with Gasteiger partial charge in [-0.3, -0.25) is 0 Å². The molecule has 0 unspecified atom stereocenters. The second kappa shape index (κ2) is 5.82. The van der Waals surface area contributed by atoms with E-state index in [9.17, 15) is 4.79 Å². The molecule has 0 spiro atoms. The van der Waals surface area contributed by atoms with Crippen LogP contribution in [0.5, 0.6) is 11.5 Å². The molecular formula is C13H7BrCl2O3. The Hall–Kier alpha value is -1.23. The van der Waals surface area contributed by atoms with E-state index in [0.29, 0.717) is 15.2 Å². The van der Waals surface area contributed by atoms with Crippen LogP contribution in [0.15, 0.2) is 40.9 Å². The van der Waals surface area contributed by atoms with Crippen LogP contribution < -0.4 is 4.74 Å². The summed E-state index contributed by atoms with van der Waals surface area (Å²) in [6.07, 6.45) is 0. The molecule has 0 aliphatic rings. The summed E-state index contributed by atoms with van der Waals surface area (Å²) >= 11 is 15.1. The summed E-state index contributed by atoms with van der Waals surface area (Å²) in [7, 11) is 0. The highest BCUT2D eigenvalue weighted by Gasteiger charge is 2.16. The summed E-state index contributed by atoms with van der Waals surface area (Å²) in [5, 5.41) is 9.87. The first-order valence-electron chi connectivity index (χ1n) is 5.13. The average Bonchev–Trinajstić information content (AvgIpc) is 2.34. The van der Waals surface area contributed by atoms with Gasteiger partial charge in [-0.15, -0.1) is 0 Å². The van der Waals surface area contributed by atoms with E-state index in [4.69, 9.17) is 33.0 Å². The minimum absolute atomic E-state index is 0.00523. The van der Waals surface area contributed by atoms with Crippen LogP contribution in [0.4, 0.5) is 0 Å². The molecule has 2 aromatic carbocycles. The summed E-state index contributed by atoms with van der Waals surface area (Å²) in [6, 6.07) is 9.45. The van der Waals surface area contributed by atoms with Crippen molar-refractivity contribution in [1.29, 1.82) is 0 Å². The fraction of sp³-hybridized carbons (Fsp3) is 0. The average molecular weight is 362 g/mol. The van der Waals surface area contributed by atoms with E-state index >= 15 is 0 Å². The molecule has 3 nitrogen and oxygen atoms in total. The number of hydrogen-bond donors (Lipinski definition) is 1. The topological polar surface area (TPSA) is 46.5 Å². The van der Waals surface area contributed by atoms with E-state index < -0.39 is 5.97 Å². The van der Waals surface area contributed by atoms with Crippen molar-refractivity contribution in [1.82, 2.24) is 0 Å². The fourth-order valence-electron chi connectivity index (χ4n) is 1.45. The number of carboxylic acids is 1. The molecule has 0 amide bonds. The Bertz CT molecular complexity index is 644. The Kier molecular flexibility index (Phi) is 4.34. The predicted molar refractivity (Wildman–Crippen MR) is 77.6 cm³/mol. The van der Waals surface area contributed by atoms with Gasteiger partial charge >= 0.3 is 5.97 Å². The third-order valence-electron chi connectivity index (χ3n) is 2.30.